The fraction of sp³-hybridized carbons (Fsp3) is 0.667. The summed E-state index contributed by atoms with van der Waals surface area (Å²) >= 11 is 2.62. The van der Waals surface area contributed by atoms with Crippen LogP contribution in [-0.2, 0) is 13.4 Å². The van der Waals surface area contributed by atoms with Crippen LogP contribution in [0.25, 0.3) is 0 Å². The van der Waals surface area contributed by atoms with E-state index in [1.165, 1.54) is 0 Å². The molecule has 0 aliphatic rings. The van der Waals surface area contributed by atoms with Gasteiger partial charge in [0.15, 0.2) is 16.3 Å². The minimum Gasteiger partial charge on any atom is -0.478 e. The van der Waals surface area contributed by atoms with E-state index in [1.807, 2.05) is 13.8 Å². The molecule has 17 heavy (non-hydrogen) atoms. The van der Waals surface area contributed by atoms with Crippen molar-refractivity contribution < 1.29 is 18.5 Å². The zero-order chi connectivity index (χ0) is 13.3. The molecule has 0 saturated carbocycles. The van der Waals surface area contributed by atoms with Crippen molar-refractivity contribution in [2.24, 2.45) is 0 Å². The molecule has 4 nitrogen and oxygen atoms in total. The topological polar surface area (TPSA) is 63.6 Å². The van der Waals surface area contributed by atoms with Crippen molar-refractivity contribution in [1.29, 1.82) is 0 Å². The van der Waals surface area contributed by atoms with E-state index in [0.717, 1.165) is 25.7 Å². The molecule has 0 unspecified atom stereocenters. The summed E-state index contributed by atoms with van der Waals surface area (Å²) in [5, 5.41) is 9.13. The number of unbranched alkanes of at least 4 members (excludes halogenated alkanes) is 2. The molecule has 1 N–H and O–H groups in total. The first-order valence-corrected chi connectivity index (χ1v) is 6.51. The number of aliphatic carboxylic acids is 1. The maximum atomic E-state index is 11.5. The van der Waals surface area contributed by atoms with Gasteiger partial charge in [-0.1, -0.05) is 26.7 Å². The summed E-state index contributed by atoms with van der Waals surface area (Å²) in [6.07, 6.45) is 4.19. The Balaban J connectivity index is 5.07. The standard InChI is InChI=1S/C12H19BrO4/c1-3-5-7-9(11(14)15)10(8-6-4-2)12(16)17-13/h3-8H2,1-2H3,(H,14,15). The predicted octanol–water partition coefficient (Wildman–Crippen LogP) is 3.60. The van der Waals surface area contributed by atoms with Gasteiger partial charge < -0.3 is 8.93 Å². The lowest BCUT2D eigenvalue weighted by molar-refractivity contribution is -0.134. The molecule has 0 aliphatic carbocycles. The third kappa shape index (κ3) is 5.86. The Kier molecular flexibility index (Phi) is 8.76. The van der Waals surface area contributed by atoms with E-state index in [4.69, 9.17) is 5.11 Å². The van der Waals surface area contributed by atoms with Gasteiger partial charge in [-0.3, -0.25) is 0 Å². The first kappa shape index (κ1) is 16.2. The third-order valence-corrected chi connectivity index (χ3v) is 2.79. The molecular formula is C12H19BrO4. The van der Waals surface area contributed by atoms with Crippen LogP contribution in [0, 0.1) is 0 Å². The molecule has 0 heterocycles. The van der Waals surface area contributed by atoms with E-state index in [-0.39, 0.29) is 11.1 Å². The molecule has 0 aromatic heterocycles. The lowest BCUT2D eigenvalue weighted by Gasteiger charge is -2.09. The molecule has 0 aromatic carbocycles. The number of hydrogen-bond acceptors (Lipinski definition) is 3. The van der Waals surface area contributed by atoms with Crippen LogP contribution in [0.2, 0.25) is 0 Å². The normalized spacial score (nSPS) is 11.9. The second-order valence-electron chi connectivity index (χ2n) is 3.83. The smallest absolute Gasteiger partial charge is 0.346 e. The number of carboxylic acids is 1. The lowest BCUT2D eigenvalue weighted by atomic mass is 9.98. The van der Waals surface area contributed by atoms with E-state index in [0.29, 0.717) is 12.8 Å². The first-order chi connectivity index (χ1) is 8.08. The quantitative estimate of drug-likeness (QED) is 0.696. The number of halogens is 1. The zero-order valence-electron chi connectivity index (χ0n) is 10.3. The molecule has 0 radical (unpaired) electrons. The minimum atomic E-state index is -1.03. The van der Waals surface area contributed by atoms with E-state index < -0.39 is 11.9 Å². The molecular weight excluding hydrogens is 288 g/mol. The number of carbonyl (C=O) groups excluding carboxylic acids is 1. The summed E-state index contributed by atoms with van der Waals surface area (Å²) in [5.74, 6) is -1.62. The third-order valence-electron chi connectivity index (χ3n) is 2.50. The summed E-state index contributed by atoms with van der Waals surface area (Å²) in [6.45, 7) is 3.97. The summed E-state index contributed by atoms with van der Waals surface area (Å²) < 4.78 is 4.47. The maximum Gasteiger partial charge on any atom is 0.346 e. The van der Waals surface area contributed by atoms with E-state index in [2.05, 4.69) is 20.1 Å². The maximum absolute atomic E-state index is 11.5. The van der Waals surface area contributed by atoms with Gasteiger partial charge in [0.2, 0.25) is 0 Å². The van der Waals surface area contributed by atoms with Crippen molar-refractivity contribution in [2.75, 3.05) is 0 Å². The molecule has 98 valence electrons. The Morgan fingerprint density at radius 1 is 1.06 bits per heavy atom. The summed E-state index contributed by atoms with van der Waals surface area (Å²) in [6, 6.07) is 0. The van der Waals surface area contributed by atoms with E-state index in [9.17, 15) is 9.59 Å². The molecule has 0 rings (SSSR count). The fourth-order valence-corrected chi connectivity index (χ4v) is 1.71. The summed E-state index contributed by atoms with van der Waals surface area (Å²) in [5.41, 5.74) is 0.467. The zero-order valence-corrected chi connectivity index (χ0v) is 11.9. The van der Waals surface area contributed by atoms with Crippen molar-refractivity contribution >= 4 is 28.2 Å². The average Bonchev–Trinajstić information content (AvgIpc) is 2.32. The SMILES string of the molecule is CCCCC(C(=O)O)=C(CCCC)C(=O)OBr. The highest BCUT2D eigenvalue weighted by molar-refractivity contribution is 9.06. The van der Waals surface area contributed by atoms with Gasteiger partial charge in [0.25, 0.3) is 0 Å². The summed E-state index contributed by atoms with van der Waals surface area (Å²) in [7, 11) is 0. The summed E-state index contributed by atoms with van der Waals surface area (Å²) in [4.78, 5) is 22.7. The highest BCUT2D eigenvalue weighted by atomic mass is 79.9. The van der Waals surface area contributed by atoms with Crippen LogP contribution in [0.5, 0.6) is 0 Å². The monoisotopic (exact) mass is 306 g/mol. The van der Waals surface area contributed by atoms with Crippen molar-refractivity contribution in [2.45, 2.75) is 52.4 Å². The van der Waals surface area contributed by atoms with Gasteiger partial charge in [0, 0.05) is 11.1 Å². The van der Waals surface area contributed by atoms with Crippen molar-refractivity contribution in [3.63, 3.8) is 0 Å². The van der Waals surface area contributed by atoms with Crippen LogP contribution in [0.1, 0.15) is 52.4 Å². The molecule has 0 bridgehead atoms. The molecule has 0 fully saturated rings. The molecule has 0 saturated heterocycles. The molecule has 0 amide bonds. The van der Waals surface area contributed by atoms with Gasteiger partial charge in [0.1, 0.15) is 0 Å². The number of hydrogen-bond donors (Lipinski definition) is 1. The van der Waals surface area contributed by atoms with Gasteiger partial charge >= 0.3 is 11.9 Å². The van der Waals surface area contributed by atoms with Gasteiger partial charge in [-0.25, -0.2) is 9.59 Å². The van der Waals surface area contributed by atoms with Crippen LogP contribution in [0.4, 0.5) is 0 Å². The fourth-order valence-electron chi connectivity index (χ4n) is 1.52. The Morgan fingerprint density at radius 2 is 1.53 bits per heavy atom. The van der Waals surface area contributed by atoms with Crippen LogP contribution < -0.4 is 0 Å². The largest absolute Gasteiger partial charge is 0.478 e. The van der Waals surface area contributed by atoms with Crippen molar-refractivity contribution in [1.82, 2.24) is 0 Å². The molecule has 0 aliphatic heterocycles. The molecule has 5 heteroatoms. The van der Waals surface area contributed by atoms with Gasteiger partial charge in [-0.05, 0) is 25.7 Å². The molecule has 0 aromatic rings. The van der Waals surface area contributed by atoms with Crippen molar-refractivity contribution in [3.8, 4) is 0 Å². The second kappa shape index (κ2) is 9.22. The van der Waals surface area contributed by atoms with E-state index >= 15 is 0 Å². The number of carbonyl (C=O) groups is 2. The average molecular weight is 307 g/mol. The van der Waals surface area contributed by atoms with Crippen molar-refractivity contribution in [3.05, 3.63) is 11.1 Å². The minimum absolute atomic E-state index is 0.185. The predicted molar refractivity (Wildman–Crippen MR) is 68.7 cm³/mol. The van der Waals surface area contributed by atoms with Gasteiger partial charge in [0.05, 0.1) is 0 Å². The van der Waals surface area contributed by atoms with E-state index in [1.54, 1.807) is 0 Å². The van der Waals surface area contributed by atoms with Crippen LogP contribution >= 0.6 is 16.3 Å². The number of carboxylic acid groups (broad SMARTS) is 1. The molecule has 0 atom stereocenters. The van der Waals surface area contributed by atoms with Gasteiger partial charge in [-0.15, -0.1) is 0 Å². The van der Waals surface area contributed by atoms with Crippen LogP contribution in [0.15, 0.2) is 11.1 Å². The van der Waals surface area contributed by atoms with Crippen LogP contribution in [-0.4, -0.2) is 17.0 Å². The Hall–Kier alpha value is -0.840. The Morgan fingerprint density at radius 3 is 1.88 bits per heavy atom. The highest BCUT2D eigenvalue weighted by Gasteiger charge is 2.20. The second-order valence-corrected chi connectivity index (χ2v) is 4.16. The highest BCUT2D eigenvalue weighted by Crippen LogP contribution is 2.20. The van der Waals surface area contributed by atoms with Gasteiger partial charge in [-0.2, -0.15) is 0 Å². The Labute approximate surface area is 110 Å². The number of rotatable bonds is 8. The molecule has 0 spiro atoms. The van der Waals surface area contributed by atoms with Crippen LogP contribution in [0.3, 0.4) is 0 Å². The first-order valence-electron chi connectivity index (χ1n) is 5.86. The lowest BCUT2D eigenvalue weighted by Crippen LogP contribution is -2.12. The Bertz CT molecular complexity index is 297.